The van der Waals surface area contributed by atoms with Crippen LogP contribution in [0, 0.1) is 5.92 Å². The second-order valence-electron chi connectivity index (χ2n) is 5.38. The van der Waals surface area contributed by atoms with Crippen LogP contribution in [-0.4, -0.2) is 59.5 Å². The lowest BCUT2D eigenvalue weighted by Gasteiger charge is -2.32. The lowest BCUT2D eigenvalue weighted by atomic mass is 9.93. The van der Waals surface area contributed by atoms with E-state index < -0.39 is 6.09 Å². The van der Waals surface area contributed by atoms with Crippen molar-refractivity contribution in [2.45, 2.75) is 32.1 Å². The first-order valence-corrected chi connectivity index (χ1v) is 6.87. The Hall–Kier alpha value is -1.10. The van der Waals surface area contributed by atoms with E-state index in [2.05, 4.69) is 4.90 Å². The average molecular weight is 254 g/mol. The summed E-state index contributed by atoms with van der Waals surface area (Å²) in [6.07, 6.45) is 3.73. The molecule has 2 saturated heterocycles. The molecular weight excluding hydrogens is 232 g/mol. The molecule has 0 radical (unpaired) electrons. The molecule has 1 amide bonds. The molecule has 1 N–H and O–H groups in total. The summed E-state index contributed by atoms with van der Waals surface area (Å²) >= 11 is 0. The molecule has 5 heteroatoms. The smallest absolute Gasteiger partial charge is 0.407 e. The molecule has 0 saturated carbocycles. The molecule has 0 spiro atoms. The molecule has 0 bridgehead atoms. The number of carboxylic acid groups (broad SMARTS) is 1. The number of piperidine rings is 2. The number of hydrogen-bond acceptors (Lipinski definition) is 3. The van der Waals surface area contributed by atoms with Gasteiger partial charge in [0.1, 0.15) is 5.78 Å². The first-order chi connectivity index (χ1) is 8.65. The normalized spacial score (nSPS) is 23.3. The summed E-state index contributed by atoms with van der Waals surface area (Å²) in [6.45, 7) is 4.24. The number of carbonyl (C=O) groups is 2. The Balaban J connectivity index is 1.63. The third-order valence-corrected chi connectivity index (χ3v) is 4.15. The minimum atomic E-state index is -0.789. The predicted octanol–water partition coefficient (Wildman–Crippen LogP) is 1.43. The summed E-state index contributed by atoms with van der Waals surface area (Å²) in [5.74, 6) is 1.04. The summed E-state index contributed by atoms with van der Waals surface area (Å²) in [5, 5.41) is 8.87. The van der Waals surface area contributed by atoms with Crippen LogP contribution in [0.15, 0.2) is 0 Å². The molecule has 0 atom stereocenters. The van der Waals surface area contributed by atoms with E-state index in [4.69, 9.17) is 5.11 Å². The van der Waals surface area contributed by atoms with Crippen molar-refractivity contribution in [1.29, 1.82) is 0 Å². The van der Waals surface area contributed by atoms with E-state index in [1.54, 1.807) is 0 Å². The van der Waals surface area contributed by atoms with E-state index in [0.29, 0.717) is 37.6 Å². The largest absolute Gasteiger partial charge is 0.465 e. The Morgan fingerprint density at radius 1 is 1.17 bits per heavy atom. The van der Waals surface area contributed by atoms with Gasteiger partial charge in [0.2, 0.25) is 0 Å². The summed E-state index contributed by atoms with van der Waals surface area (Å²) in [6, 6.07) is 0. The van der Waals surface area contributed by atoms with Gasteiger partial charge in [-0.25, -0.2) is 4.79 Å². The summed E-state index contributed by atoms with van der Waals surface area (Å²) in [7, 11) is 0. The number of carbonyl (C=O) groups excluding carboxylic acids is 1. The maximum Gasteiger partial charge on any atom is 0.407 e. The van der Waals surface area contributed by atoms with Gasteiger partial charge in [-0.2, -0.15) is 0 Å². The molecule has 2 rings (SSSR count). The first kappa shape index (κ1) is 13.3. The first-order valence-electron chi connectivity index (χ1n) is 6.87. The second kappa shape index (κ2) is 6.18. The standard InChI is InChI=1S/C13H22N2O3/c16-12-4-7-14(8-5-12)6-1-11-2-9-15(10-3-11)13(17)18/h11H,1-10H2,(H,17,18). The number of ketones is 1. The van der Waals surface area contributed by atoms with E-state index in [9.17, 15) is 9.59 Å². The van der Waals surface area contributed by atoms with Crippen LogP contribution in [0.5, 0.6) is 0 Å². The predicted molar refractivity (Wildman–Crippen MR) is 67.6 cm³/mol. The summed E-state index contributed by atoms with van der Waals surface area (Å²) in [4.78, 5) is 25.8. The van der Waals surface area contributed by atoms with Crippen LogP contribution in [0.4, 0.5) is 4.79 Å². The molecule has 2 aliphatic heterocycles. The summed E-state index contributed by atoms with van der Waals surface area (Å²) in [5.41, 5.74) is 0. The van der Waals surface area contributed by atoms with Crippen LogP contribution in [0.3, 0.4) is 0 Å². The van der Waals surface area contributed by atoms with Crippen molar-refractivity contribution in [3.63, 3.8) is 0 Å². The van der Waals surface area contributed by atoms with Gasteiger partial charge in [0.05, 0.1) is 0 Å². The summed E-state index contributed by atoms with van der Waals surface area (Å²) < 4.78 is 0. The van der Waals surface area contributed by atoms with Gasteiger partial charge < -0.3 is 14.9 Å². The fraction of sp³-hybridized carbons (Fsp3) is 0.846. The molecule has 0 unspecified atom stereocenters. The minimum Gasteiger partial charge on any atom is -0.465 e. The number of rotatable bonds is 3. The van der Waals surface area contributed by atoms with E-state index in [0.717, 1.165) is 38.9 Å². The Morgan fingerprint density at radius 2 is 1.78 bits per heavy atom. The van der Waals surface area contributed by atoms with Gasteiger partial charge in [0.25, 0.3) is 0 Å². The van der Waals surface area contributed by atoms with Crippen molar-refractivity contribution in [1.82, 2.24) is 9.80 Å². The van der Waals surface area contributed by atoms with Crippen molar-refractivity contribution in [3.8, 4) is 0 Å². The van der Waals surface area contributed by atoms with Crippen molar-refractivity contribution in [2.24, 2.45) is 5.92 Å². The molecule has 0 aromatic rings. The molecule has 0 aromatic heterocycles. The highest BCUT2D eigenvalue weighted by molar-refractivity contribution is 5.79. The Kier molecular flexibility index (Phi) is 4.58. The zero-order valence-corrected chi connectivity index (χ0v) is 10.8. The third-order valence-electron chi connectivity index (χ3n) is 4.15. The molecule has 0 aliphatic carbocycles. The lowest BCUT2D eigenvalue weighted by molar-refractivity contribution is -0.121. The molecule has 5 nitrogen and oxygen atoms in total. The SMILES string of the molecule is O=C1CCN(CCC2CCN(C(=O)O)CC2)CC1. The van der Waals surface area contributed by atoms with Crippen LogP contribution >= 0.6 is 0 Å². The van der Waals surface area contributed by atoms with Gasteiger partial charge in [-0.1, -0.05) is 0 Å². The second-order valence-corrected chi connectivity index (χ2v) is 5.38. The van der Waals surface area contributed by atoms with Gasteiger partial charge in [-0.05, 0) is 31.7 Å². The molecule has 2 heterocycles. The number of hydrogen-bond donors (Lipinski definition) is 1. The molecular formula is C13H22N2O3. The molecule has 18 heavy (non-hydrogen) atoms. The van der Waals surface area contributed by atoms with E-state index >= 15 is 0 Å². The van der Waals surface area contributed by atoms with Gasteiger partial charge in [0.15, 0.2) is 0 Å². The molecule has 0 aromatic carbocycles. The van der Waals surface area contributed by atoms with Crippen LogP contribution in [0.25, 0.3) is 0 Å². The van der Waals surface area contributed by atoms with Gasteiger partial charge in [0, 0.05) is 39.0 Å². The number of Topliss-reactive ketones (excluding diaryl/α,β-unsaturated/α-hetero) is 1. The third kappa shape index (κ3) is 3.70. The highest BCUT2D eigenvalue weighted by Gasteiger charge is 2.23. The van der Waals surface area contributed by atoms with E-state index in [1.807, 2.05) is 0 Å². The topological polar surface area (TPSA) is 60.9 Å². The molecule has 2 aliphatic rings. The van der Waals surface area contributed by atoms with Gasteiger partial charge >= 0.3 is 6.09 Å². The van der Waals surface area contributed by atoms with E-state index in [-0.39, 0.29) is 0 Å². The quantitative estimate of drug-likeness (QED) is 0.827. The number of nitrogens with zero attached hydrogens (tertiary/aromatic N) is 2. The van der Waals surface area contributed by atoms with Crippen molar-refractivity contribution < 1.29 is 14.7 Å². The Labute approximate surface area is 108 Å². The van der Waals surface area contributed by atoms with Crippen LogP contribution in [-0.2, 0) is 4.79 Å². The van der Waals surface area contributed by atoms with Crippen LogP contribution < -0.4 is 0 Å². The fourth-order valence-corrected chi connectivity index (χ4v) is 2.80. The van der Waals surface area contributed by atoms with Gasteiger partial charge in [-0.15, -0.1) is 0 Å². The van der Waals surface area contributed by atoms with Crippen molar-refractivity contribution in [3.05, 3.63) is 0 Å². The number of likely N-dealkylation sites (tertiary alicyclic amines) is 2. The maximum atomic E-state index is 11.1. The average Bonchev–Trinajstić information content (AvgIpc) is 2.38. The van der Waals surface area contributed by atoms with E-state index in [1.165, 1.54) is 4.90 Å². The highest BCUT2D eigenvalue weighted by Crippen LogP contribution is 2.21. The fourth-order valence-electron chi connectivity index (χ4n) is 2.80. The molecule has 102 valence electrons. The zero-order valence-electron chi connectivity index (χ0n) is 10.8. The minimum absolute atomic E-state index is 0.390. The van der Waals surface area contributed by atoms with Gasteiger partial charge in [-0.3, -0.25) is 4.79 Å². The molecule has 2 fully saturated rings. The number of amides is 1. The van der Waals surface area contributed by atoms with Crippen molar-refractivity contribution in [2.75, 3.05) is 32.7 Å². The Bertz CT molecular complexity index is 301. The Morgan fingerprint density at radius 3 is 2.33 bits per heavy atom. The van der Waals surface area contributed by atoms with Crippen molar-refractivity contribution >= 4 is 11.9 Å². The van der Waals surface area contributed by atoms with Crippen LogP contribution in [0.2, 0.25) is 0 Å². The lowest BCUT2D eigenvalue weighted by Crippen LogP contribution is -2.39. The van der Waals surface area contributed by atoms with Crippen LogP contribution in [0.1, 0.15) is 32.1 Å². The highest BCUT2D eigenvalue weighted by atomic mass is 16.4. The monoisotopic (exact) mass is 254 g/mol. The maximum absolute atomic E-state index is 11.1. The zero-order chi connectivity index (χ0) is 13.0.